The molecule has 0 heterocycles. The summed E-state index contributed by atoms with van der Waals surface area (Å²) in [4.78, 5) is 24.1. The first-order valence-electron chi connectivity index (χ1n) is 11.2. The lowest BCUT2D eigenvalue weighted by molar-refractivity contribution is -0.126. The van der Waals surface area contributed by atoms with Crippen LogP contribution in [-0.2, 0) is 16.0 Å². The first kappa shape index (κ1) is 25.0. The Kier molecular flexibility index (Phi) is 9.23. The third-order valence-electron chi connectivity index (χ3n) is 5.35. The van der Waals surface area contributed by atoms with Crippen LogP contribution >= 0.6 is 0 Å². The predicted octanol–water partition coefficient (Wildman–Crippen LogP) is 4.92. The monoisotopic (exact) mass is 462 g/mol. The first-order chi connectivity index (χ1) is 16.5. The SMILES string of the molecule is COc1cc(C[C@H](OC)C(C)=O)ccc1OCCCOc1ccc(C(=O)c2ccccc2)cc1. The third-order valence-corrected chi connectivity index (χ3v) is 5.35. The fourth-order valence-electron chi connectivity index (χ4n) is 3.46. The number of Topliss-reactive ketones (excluding diaryl/α,β-unsaturated/α-hetero) is 1. The average Bonchev–Trinajstić information content (AvgIpc) is 2.87. The molecule has 0 aromatic heterocycles. The van der Waals surface area contributed by atoms with E-state index in [1.165, 1.54) is 14.0 Å². The normalized spacial score (nSPS) is 11.5. The second-order valence-electron chi connectivity index (χ2n) is 7.79. The lowest BCUT2D eigenvalue weighted by Gasteiger charge is -2.15. The highest BCUT2D eigenvalue weighted by atomic mass is 16.5. The lowest BCUT2D eigenvalue weighted by atomic mass is 10.0. The highest BCUT2D eigenvalue weighted by molar-refractivity contribution is 6.08. The fourth-order valence-corrected chi connectivity index (χ4v) is 3.46. The van der Waals surface area contributed by atoms with Crippen molar-refractivity contribution in [3.63, 3.8) is 0 Å². The van der Waals surface area contributed by atoms with Crippen LogP contribution < -0.4 is 14.2 Å². The zero-order valence-electron chi connectivity index (χ0n) is 19.8. The minimum Gasteiger partial charge on any atom is -0.493 e. The Morgan fingerprint density at radius 1 is 0.794 bits per heavy atom. The van der Waals surface area contributed by atoms with E-state index in [2.05, 4.69) is 0 Å². The van der Waals surface area contributed by atoms with E-state index in [-0.39, 0.29) is 11.6 Å². The van der Waals surface area contributed by atoms with E-state index in [0.29, 0.717) is 54.4 Å². The summed E-state index contributed by atoms with van der Waals surface area (Å²) in [6.07, 6.45) is 0.678. The average molecular weight is 463 g/mol. The quantitative estimate of drug-likeness (QED) is 0.265. The van der Waals surface area contributed by atoms with Crippen molar-refractivity contribution in [2.75, 3.05) is 27.4 Å². The minimum absolute atomic E-state index is 0.0143. The van der Waals surface area contributed by atoms with Crippen molar-refractivity contribution in [1.29, 1.82) is 0 Å². The van der Waals surface area contributed by atoms with Crippen LogP contribution in [0.15, 0.2) is 72.8 Å². The summed E-state index contributed by atoms with van der Waals surface area (Å²) in [7, 11) is 3.11. The van der Waals surface area contributed by atoms with Crippen LogP contribution in [0.1, 0.15) is 34.8 Å². The van der Waals surface area contributed by atoms with Crippen molar-refractivity contribution in [2.24, 2.45) is 0 Å². The molecule has 6 heteroatoms. The van der Waals surface area contributed by atoms with Gasteiger partial charge in [0.05, 0.1) is 20.3 Å². The van der Waals surface area contributed by atoms with Gasteiger partial charge in [-0.2, -0.15) is 0 Å². The van der Waals surface area contributed by atoms with Crippen molar-refractivity contribution < 1.29 is 28.5 Å². The number of carbonyl (C=O) groups excluding carboxylic acids is 2. The van der Waals surface area contributed by atoms with Gasteiger partial charge in [0.2, 0.25) is 0 Å². The molecular formula is C28H30O6. The molecule has 3 rings (SSSR count). The largest absolute Gasteiger partial charge is 0.493 e. The van der Waals surface area contributed by atoms with E-state index in [9.17, 15) is 9.59 Å². The third kappa shape index (κ3) is 6.93. The maximum Gasteiger partial charge on any atom is 0.193 e. The predicted molar refractivity (Wildman–Crippen MR) is 130 cm³/mol. The molecule has 0 radical (unpaired) electrons. The van der Waals surface area contributed by atoms with Crippen molar-refractivity contribution >= 4 is 11.6 Å². The molecule has 0 saturated carbocycles. The summed E-state index contributed by atoms with van der Waals surface area (Å²) < 4.78 is 22.3. The molecule has 0 spiro atoms. The van der Waals surface area contributed by atoms with Crippen LogP contribution in [0.25, 0.3) is 0 Å². The summed E-state index contributed by atoms with van der Waals surface area (Å²) in [6, 6.07) is 21.9. The Labute approximate surface area is 200 Å². The topological polar surface area (TPSA) is 71.1 Å². The van der Waals surface area contributed by atoms with Gasteiger partial charge < -0.3 is 18.9 Å². The van der Waals surface area contributed by atoms with Gasteiger partial charge >= 0.3 is 0 Å². The number of hydrogen-bond donors (Lipinski definition) is 0. The van der Waals surface area contributed by atoms with Gasteiger partial charge in [0, 0.05) is 31.1 Å². The number of rotatable bonds is 13. The molecule has 0 aliphatic heterocycles. The molecule has 0 unspecified atom stereocenters. The Morgan fingerprint density at radius 3 is 2.12 bits per heavy atom. The number of hydrogen-bond acceptors (Lipinski definition) is 6. The second kappa shape index (κ2) is 12.6. The molecule has 0 aliphatic rings. The van der Waals surface area contributed by atoms with Crippen LogP contribution in [0.2, 0.25) is 0 Å². The number of ketones is 2. The molecule has 1 atom stereocenters. The van der Waals surface area contributed by atoms with Gasteiger partial charge in [0.1, 0.15) is 11.9 Å². The first-order valence-corrected chi connectivity index (χ1v) is 11.2. The van der Waals surface area contributed by atoms with Crippen molar-refractivity contribution in [1.82, 2.24) is 0 Å². The van der Waals surface area contributed by atoms with E-state index < -0.39 is 6.10 Å². The molecule has 0 saturated heterocycles. The standard InChI is InChI=1S/C28H30O6/c1-20(29)26(31-2)18-21-10-15-25(27(19-21)32-3)34-17-7-16-33-24-13-11-23(12-14-24)28(30)22-8-5-4-6-9-22/h4-6,8-15,19,26H,7,16-18H2,1-3H3/t26-/m0/s1. The second-order valence-corrected chi connectivity index (χ2v) is 7.79. The Morgan fingerprint density at radius 2 is 1.47 bits per heavy atom. The molecule has 3 aromatic rings. The maximum absolute atomic E-state index is 12.5. The van der Waals surface area contributed by atoms with Crippen molar-refractivity contribution in [3.8, 4) is 17.2 Å². The summed E-state index contributed by atoms with van der Waals surface area (Å²) >= 11 is 0. The fraction of sp³-hybridized carbons (Fsp3) is 0.286. The molecule has 34 heavy (non-hydrogen) atoms. The van der Waals surface area contributed by atoms with Crippen LogP contribution in [0.5, 0.6) is 17.2 Å². The van der Waals surface area contributed by atoms with Crippen LogP contribution in [0.3, 0.4) is 0 Å². The molecule has 3 aromatic carbocycles. The number of ether oxygens (including phenoxy) is 4. The van der Waals surface area contributed by atoms with Crippen LogP contribution in [0.4, 0.5) is 0 Å². The summed E-state index contributed by atoms with van der Waals surface area (Å²) in [6.45, 7) is 2.44. The summed E-state index contributed by atoms with van der Waals surface area (Å²) in [5.41, 5.74) is 2.22. The van der Waals surface area contributed by atoms with E-state index >= 15 is 0 Å². The molecule has 178 valence electrons. The van der Waals surface area contributed by atoms with E-state index in [4.69, 9.17) is 18.9 Å². The Balaban J connectivity index is 1.45. The van der Waals surface area contributed by atoms with Gasteiger partial charge in [-0.15, -0.1) is 0 Å². The molecule has 0 bridgehead atoms. The molecule has 6 nitrogen and oxygen atoms in total. The van der Waals surface area contributed by atoms with Crippen LogP contribution in [0, 0.1) is 0 Å². The van der Waals surface area contributed by atoms with Gasteiger partial charge in [-0.3, -0.25) is 9.59 Å². The molecular weight excluding hydrogens is 432 g/mol. The van der Waals surface area contributed by atoms with Crippen molar-refractivity contribution in [3.05, 3.63) is 89.5 Å². The van der Waals surface area contributed by atoms with E-state index in [0.717, 1.165) is 5.56 Å². The summed E-state index contributed by atoms with van der Waals surface area (Å²) in [5.74, 6) is 1.91. The van der Waals surface area contributed by atoms with Crippen LogP contribution in [-0.4, -0.2) is 45.1 Å². The highest BCUT2D eigenvalue weighted by Crippen LogP contribution is 2.29. The molecule has 0 amide bonds. The Bertz CT molecular complexity index is 1080. The zero-order chi connectivity index (χ0) is 24.3. The minimum atomic E-state index is -0.473. The van der Waals surface area contributed by atoms with Gasteiger partial charge in [0.15, 0.2) is 23.1 Å². The smallest absolute Gasteiger partial charge is 0.193 e. The van der Waals surface area contributed by atoms with E-state index in [1.54, 1.807) is 43.5 Å². The molecule has 0 fully saturated rings. The van der Waals surface area contributed by atoms with Crippen molar-refractivity contribution in [2.45, 2.75) is 25.9 Å². The maximum atomic E-state index is 12.5. The summed E-state index contributed by atoms with van der Waals surface area (Å²) in [5, 5.41) is 0. The Hall–Kier alpha value is -3.64. The van der Waals surface area contributed by atoms with Gasteiger partial charge in [0.25, 0.3) is 0 Å². The highest BCUT2D eigenvalue weighted by Gasteiger charge is 2.15. The zero-order valence-corrected chi connectivity index (χ0v) is 19.8. The van der Waals surface area contributed by atoms with Gasteiger partial charge in [-0.1, -0.05) is 36.4 Å². The molecule has 0 aliphatic carbocycles. The van der Waals surface area contributed by atoms with Gasteiger partial charge in [-0.25, -0.2) is 0 Å². The number of carbonyl (C=O) groups is 2. The van der Waals surface area contributed by atoms with Gasteiger partial charge in [-0.05, 0) is 48.9 Å². The lowest BCUT2D eigenvalue weighted by Crippen LogP contribution is -2.22. The number of methoxy groups -OCH3 is 2. The van der Waals surface area contributed by atoms with E-state index in [1.807, 2.05) is 36.4 Å². The molecule has 0 N–H and O–H groups in total. The number of benzene rings is 3.